The molecule has 21 heavy (non-hydrogen) atoms. The summed E-state index contributed by atoms with van der Waals surface area (Å²) in [6.45, 7) is 4.16. The Kier molecular flexibility index (Phi) is 5.43. The molecule has 0 aliphatic carbocycles. The second kappa shape index (κ2) is 6.91. The molecule has 2 aromatic rings. The third kappa shape index (κ3) is 3.85. The maximum Gasteiger partial charge on any atom is 0.138 e. The van der Waals surface area contributed by atoms with Crippen molar-refractivity contribution in [2.24, 2.45) is 0 Å². The summed E-state index contributed by atoms with van der Waals surface area (Å²) in [5.74, 6) is 0.556. The first-order valence-electron chi connectivity index (χ1n) is 6.65. The van der Waals surface area contributed by atoms with E-state index in [1.54, 1.807) is 19.2 Å². The van der Waals surface area contributed by atoms with Crippen molar-refractivity contribution >= 4 is 34.8 Å². The van der Waals surface area contributed by atoms with Gasteiger partial charge in [-0.2, -0.15) is 0 Å². The van der Waals surface area contributed by atoms with Crippen molar-refractivity contribution in [1.29, 1.82) is 0 Å². The molecule has 2 rings (SSSR count). The van der Waals surface area contributed by atoms with Crippen LogP contribution >= 0.6 is 34.8 Å². The summed E-state index contributed by atoms with van der Waals surface area (Å²) >= 11 is 19.0. The Bertz CT molecular complexity index is 653. The largest absolute Gasteiger partial charge is 0.495 e. The number of ether oxygens (including phenoxy) is 1. The fourth-order valence-electron chi connectivity index (χ4n) is 2.26. The van der Waals surface area contributed by atoms with Gasteiger partial charge in [-0.25, -0.2) is 0 Å². The Morgan fingerprint density at radius 3 is 2.43 bits per heavy atom. The lowest BCUT2D eigenvalue weighted by Gasteiger charge is -2.16. The minimum atomic E-state index is -0.235. The number of benzene rings is 2. The van der Waals surface area contributed by atoms with Gasteiger partial charge in [-0.1, -0.05) is 47.0 Å². The van der Waals surface area contributed by atoms with Crippen molar-refractivity contribution < 1.29 is 4.74 Å². The van der Waals surface area contributed by atoms with E-state index >= 15 is 0 Å². The molecule has 4 heteroatoms. The van der Waals surface area contributed by atoms with Crippen molar-refractivity contribution in [2.45, 2.75) is 25.6 Å². The van der Waals surface area contributed by atoms with Crippen LogP contribution in [0.1, 0.15) is 27.6 Å². The van der Waals surface area contributed by atoms with Crippen LogP contribution in [0.25, 0.3) is 0 Å². The van der Waals surface area contributed by atoms with E-state index in [-0.39, 0.29) is 5.38 Å². The van der Waals surface area contributed by atoms with Gasteiger partial charge in [0.1, 0.15) is 5.75 Å². The van der Waals surface area contributed by atoms with Gasteiger partial charge in [0, 0.05) is 11.1 Å². The quantitative estimate of drug-likeness (QED) is 0.606. The topological polar surface area (TPSA) is 9.23 Å². The van der Waals surface area contributed by atoms with Crippen LogP contribution < -0.4 is 4.74 Å². The molecule has 0 spiro atoms. The van der Waals surface area contributed by atoms with Crippen molar-refractivity contribution in [3.63, 3.8) is 0 Å². The summed E-state index contributed by atoms with van der Waals surface area (Å²) in [6.07, 6.45) is 0.706. The van der Waals surface area contributed by atoms with E-state index in [1.165, 1.54) is 16.7 Å². The minimum Gasteiger partial charge on any atom is -0.495 e. The van der Waals surface area contributed by atoms with Crippen molar-refractivity contribution in [3.05, 3.63) is 62.6 Å². The molecular weight excluding hydrogens is 327 g/mol. The molecule has 1 unspecified atom stereocenters. The summed E-state index contributed by atoms with van der Waals surface area (Å²) in [4.78, 5) is 0. The second-order valence-corrected chi connectivity index (χ2v) is 6.45. The summed E-state index contributed by atoms with van der Waals surface area (Å²) < 4.78 is 5.15. The minimum absolute atomic E-state index is 0.235. The zero-order chi connectivity index (χ0) is 15.6. The maximum absolute atomic E-state index is 6.55. The molecule has 0 aliphatic heterocycles. The molecule has 0 fully saturated rings. The van der Waals surface area contributed by atoms with E-state index in [2.05, 4.69) is 32.0 Å². The Labute approximate surface area is 140 Å². The van der Waals surface area contributed by atoms with E-state index in [0.29, 0.717) is 22.2 Å². The van der Waals surface area contributed by atoms with Crippen LogP contribution in [0.4, 0.5) is 0 Å². The lowest BCUT2D eigenvalue weighted by atomic mass is 9.98. The Morgan fingerprint density at radius 2 is 1.76 bits per heavy atom. The molecule has 1 nitrogen and oxygen atoms in total. The third-order valence-electron chi connectivity index (χ3n) is 3.51. The number of rotatable bonds is 4. The summed E-state index contributed by atoms with van der Waals surface area (Å²) in [7, 11) is 1.56. The van der Waals surface area contributed by atoms with Gasteiger partial charge in [0.05, 0.1) is 17.5 Å². The lowest BCUT2D eigenvalue weighted by molar-refractivity contribution is 0.415. The van der Waals surface area contributed by atoms with Gasteiger partial charge < -0.3 is 4.74 Å². The number of halogens is 3. The van der Waals surface area contributed by atoms with Gasteiger partial charge in [-0.3, -0.25) is 0 Å². The van der Waals surface area contributed by atoms with Crippen LogP contribution in [0.2, 0.25) is 10.0 Å². The molecule has 0 aliphatic rings. The summed E-state index contributed by atoms with van der Waals surface area (Å²) in [6, 6.07) is 9.85. The highest BCUT2D eigenvalue weighted by molar-refractivity contribution is 6.35. The van der Waals surface area contributed by atoms with Crippen LogP contribution in [-0.2, 0) is 6.42 Å². The SMILES string of the molecule is COc1cc(Cl)c(C(Cl)Cc2cc(C)ccc2C)cc1Cl. The van der Waals surface area contributed by atoms with E-state index in [9.17, 15) is 0 Å². The molecule has 0 saturated heterocycles. The third-order valence-corrected chi connectivity index (χ3v) is 4.52. The second-order valence-electron chi connectivity index (χ2n) is 5.11. The molecule has 1 atom stereocenters. The van der Waals surface area contributed by atoms with Gasteiger partial charge in [-0.15, -0.1) is 11.6 Å². The highest BCUT2D eigenvalue weighted by atomic mass is 35.5. The van der Waals surface area contributed by atoms with Crippen molar-refractivity contribution in [2.75, 3.05) is 7.11 Å². The molecule has 0 bridgehead atoms. The van der Waals surface area contributed by atoms with Crippen LogP contribution in [0.3, 0.4) is 0 Å². The molecule has 0 saturated carbocycles. The average molecular weight is 344 g/mol. The lowest BCUT2D eigenvalue weighted by Crippen LogP contribution is -2.00. The van der Waals surface area contributed by atoms with Crippen LogP contribution in [-0.4, -0.2) is 7.11 Å². The van der Waals surface area contributed by atoms with Crippen molar-refractivity contribution in [3.8, 4) is 5.75 Å². The van der Waals surface area contributed by atoms with Crippen molar-refractivity contribution in [1.82, 2.24) is 0 Å². The van der Waals surface area contributed by atoms with Crippen LogP contribution in [0, 0.1) is 13.8 Å². The highest BCUT2D eigenvalue weighted by Crippen LogP contribution is 2.37. The standard InChI is InChI=1S/C17H17Cl3O/c1-10-4-5-11(2)12(6-10)7-14(18)13-8-16(20)17(21-3)9-15(13)19/h4-6,8-9,14H,7H2,1-3H3. The fourth-order valence-corrected chi connectivity index (χ4v) is 3.20. The van der Waals surface area contributed by atoms with Crippen LogP contribution in [0.15, 0.2) is 30.3 Å². The number of methoxy groups -OCH3 is 1. The summed E-state index contributed by atoms with van der Waals surface area (Å²) in [5, 5.41) is 0.853. The molecule has 0 radical (unpaired) electrons. The molecule has 0 N–H and O–H groups in total. The number of alkyl halides is 1. The first-order chi connectivity index (χ1) is 9.92. The molecule has 0 amide bonds. The Balaban J connectivity index is 2.30. The predicted molar refractivity (Wildman–Crippen MR) is 91.2 cm³/mol. The van der Waals surface area contributed by atoms with Gasteiger partial charge in [0.15, 0.2) is 0 Å². The molecule has 0 aromatic heterocycles. The summed E-state index contributed by atoms with van der Waals surface area (Å²) in [5.41, 5.74) is 4.49. The van der Waals surface area contributed by atoms with E-state index < -0.39 is 0 Å². The predicted octanol–water partition coefficient (Wildman–Crippen LogP) is 6.14. The smallest absolute Gasteiger partial charge is 0.138 e. The Hall–Kier alpha value is -0.890. The molecule has 0 heterocycles. The normalized spacial score (nSPS) is 12.3. The number of hydrogen-bond donors (Lipinski definition) is 0. The molecule has 2 aromatic carbocycles. The van der Waals surface area contributed by atoms with E-state index in [4.69, 9.17) is 39.5 Å². The van der Waals surface area contributed by atoms with E-state index in [0.717, 1.165) is 5.56 Å². The molecule has 112 valence electrons. The van der Waals surface area contributed by atoms with Crippen LogP contribution in [0.5, 0.6) is 5.75 Å². The first kappa shape index (κ1) is 16.5. The zero-order valence-corrected chi connectivity index (χ0v) is 14.5. The van der Waals surface area contributed by atoms with E-state index in [1.807, 2.05) is 0 Å². The van der Waals surface area contributed by atoms with Gasteiger partial charge in [0.25, 0.3) is 0 Å². The highest BCUT2D eigenvalue weighted by Gasteiger charge is 2.17. The fraction of sp³-hybridized carbons (Fsp3) is 0.294. The number of hydrogen-bond acceptors (Lipinski definition) is 1. The number of aryl methyl sites for hydroxylation is 2. The van der Waals surface area contributed by atoms with Gasteiger partial charge >= 0.3 is 0 Å². The van der Waals surface area contributed by atoms with Gasteiger partial charge in [0.2, 0.25) is 0 Å². The average Bonchev–Trinajstić information content (AvgIpc) is 2.44. The zero-order valence-electron chi connectivity index (χ0n) is 12.2. The molecular formula is C17H17Cl3O. The van der Waals surface area contributed by atoms with Gasteiger partial charge in [-0.05, 0) is 43.0 Å². The monoisotopic (exact) mass is 342 g/mol. The first-order valence-corrected chi connectivity index (χ1v) is 7.84. The Morgan fingerprint density at radius 1 is 1.05 bits per heavy atom. The maximum atomic E-state index is 6.55.